The number of carbonyl (C=O) groups excluding carboxylic acids is 1. The second-order valence-electron chi connectivity index (χ2n) is 6.33. The van der Waals surface area contributed by atoms with Crippen molar-refractivity contribution in [3.8, 4) is 16.9 Å². The SMILES string of the molecule is COc1ccc(-c2cc(C(=O)N[C@H]3CC[C@@H](C(=O)O)C3)sc2C)cc1. The predicted octanol–water partition coefficient (Wildman–Crippen LogP) is 3.72. The van der Waals surface area contributed by atoms with Gasteiger partial charge in [-0.25, -0.2) is 0 Å². The molecular weight excluding hydrogens is 338 g/mol. The van der Waals surface area contributed by atoms with E-state index in [4.69, 9.17) is 9.84 Å². The number of carboxylic acid groups (broad SMARTS) is 1. The highest BCUT2D eigenvalue weighted by molar-refractivity contribution is 7.14. The summed E-state index contributed by atoms with van der Waals surface area (Å²) in [6.07, 6.45) is 1.86. The molecule has 2 atom stereocenters. The number of rotatable bonds is 5. The van der Waals surface area contributed by atoms with E-state index in [0.29, 0.717) is 17.7 Å². The van der Waals surface area contributed by atoms with Gasteiger partial charge in [0.05, 0.1) is 17.9 Å². The summed E-state index contributed by atoms with van der Waals surface area (Å²) >= 11 is 1.46. The molecule has 0 saturated heterocycles. The first-order chi connectivity index (χ1) is 12.0. The fourth-order valence-electron chi connectivity index (χ4n) is 3.24. The molecule has 0 spiro atoms. The summed E-state index contributed by atoms with van der Waals surface area (Å²) < 4.78 is 5.18. The number of ether oxygens (including phenoxy) is 1. The third-order valence-corrected chi connectivity index (χ3v) is 5.71. The first-order valence-electron chi connectivity index (χ1n) is 8.26. The lowest BCUT2D eigenvalue weighted by molar-refractivity contribution is -0.141. The van der Waals surface area contributed by atoms with Gasteiger partial charge in [-0.2, -0.15) is 0 Å². The average Bonchev–Trinajstić information content (AvgIpc) is 3.22. The predicted molar refractivity (Wildman–Crippen MR) is 97.3 cm³/mol. The van der Waals surface area contributed by atoms with Gasteiger partial charge in [0.25, 0.3) is 5.91 Å². The summed E-state index contributed by atoms with van der Waals surface area (Å²) in [4.78, 5) is 25.3. The van der Waals surface area contributed by atoms with Crippen LogP contribution in [0.5, 0.6) is 5.75 Å². The van der Waals surface area contributed by atoms with Gasteiger partial charge in [0.2, 0.25) is 0 Å². The number of aliphatic carboxylic acids is 1. The van der Waals surface area contributed by atoms with Crippen molar-refractivity contribution < 1.29 is 19.4 Å². The van der Waals surface area contributed by atoms with E-state index in [2.05, 4.69) is 5.32 Å². The molecule has 0 aliphatic heterocycles. The Morgan fingerprint density at radius 1 is 1.24 bits per heavy atom. The molecule has 1 aliphatic carbocycles. The van der Waals surface area contributed by atoms with Crippen LogP contribution in [-0.2, 0) is 4.79 Å². The molecule has 6 heteroatoms. The molecule has 3 rings (SSSR count). The summed E-state index contributed by atoms with van der Waals surface area (Å²) in [5.74, 6) is -0.441. The Morgan fingerprint density at radius 3 is 2.56 bits per heavy atom. The van der Waals surface area contributed by atoms with E-state index in [1.165, 1.54) is 11.3 Å². The van der Waals surface area contributed by atoms with Gasteiger partial charge in [-0.3, -0.25) is 9.59 Å². The fraction of sp³-hybridized carbons (Fsp3) is 0.368. The molecule has 1 heterocycles. The van der Waals surface area contributed by atoms with Gasteiger partial charge in [-0.15, -0.1) is 11.3 Å². The van der Waals surface area contributed by atoms with Crippen molar-refractivity contribution in [2.24, 2.45) is 5.92 Å². The number of thiophene rings is 1. The maximum absolute atomic E-state index is 12.5. The molecule has 0 bridgehead atoms. The summed E-state index contributed by atoms with van der Waals surface area (Å²) in [5, 5.41) is 12.0. The van der Waals surface area contributed by atoms with Crippen LogP contribution in [0.1, 0.15) is 33.8 Å². The average molecular weight is 359 g/mol. The molecule has 5 nitrogen and oxygen atoms in total. The van der Waals surface area contributed by atoms with E-state index in [9.17, 15) is 9.59 Å². The van der Waals surface area contributed by atoms with Gasteiger partial charge in [-0.1, -0.05) is 12.1 Å². The van der Waals surface area contributed by atoms with E-state index >= 15 is 0 Å². The lowest BCUT2D eigenvalue weighted by Crippen LogP contribution is -2.32. The lowest BCUT2D eigenvalue weighted by atomic mass is 10.1. The summed E-state index contributed by atoms with van der Waals surface area (Å²) in [5.41, 5.74) is 2.08. The van der Waals surface area contributed by atoms with Gasteiger partial charge >= 0.3 is 5.97 Å². The Morgan fingerprint density at radius 2 is 1.96 bits per heavy atom. The normalized spacial score (nSPS) is 19.6. The molecular formula is C19H21NO4S. The largest absolute Gasteiger partial charge is 0.497 e. The molecule has 2 aromatic rings. The molecule has 25 heavy (non-hydrogen) atoms. The number of aryl methyl sites for hydroxylation is 1. The first kappa shape index (κ1) is 17.5. The molecule has 1 amide bonds. The topological polar surface area (TPSA) is 75.6 Å². The van der Waals surface area contributed by atoms with Crippen molar-refractivity contribution in [1.29, 1.82) is 0 Å². The molecule has 132 valence electrons. The molecule has 1 fully saturated rings. The van der Waals surface area contributed by atoms with Crippen LogP contribution in [0.3, 0.4) is 0 Å². The number of carbonyl (C=O) groups is 2. The minimum absolute atomic E-state index is 0.0551. The van der Waals surface area contributed by atoms with Gasteiger partial charge in [0, 0.05) is 10.9 Å². The highest BCUT2D eigenvalue weighted by atomic mass is 32.1. The minimum Gasteiger partial charge on any atom is -0.497 e. The Bertz CT molecular complexity index is 781. The van der Waals surface area contributed by atoms with E-state index in [-0.39, 0.29) is 17.9 Å². The Hall–Kier alpha value is -2.34. The highest BCUT2D eigenvalue weighted by Crippen LogP contribution is 2.32. The summed E-state index contributed by atoms with van der Waals surface area (Å²) in [6.45, 7) is 2.00. The van der Waals surface area contributed by atoms with Crippen molar-refractivity contribution in [3.05, 3.63) is 40.1 Å². The van der Waals surface area contributed by atoms with Crippen LogP contribution in [-0.4, -0.2) is 30.1 Å². The molecule has 1 aromatic carbocycles. The van der Waals surface area contributed by atoms with Crippen molar-refractivity contribution in [1.82, 2.24) is 5.32 Å². The zero-order valence-corrected chi connectivity index (χ0v) is 15.1. The number of hydrogen-bond donors (Lipinski definition) is 2. The van der Waals surface area contributed by atoms with Crippen LogP contribution in [0.2, 0.25) is 0 Å². The third kappa shape index (κ3) is 3.85. The molecule has 0 unspecified atom stereocenters. The van der Waals surface area contributed by atoms with Crippen molar-refractivity contribution in [2.45, 2.75) is 32.2 Å². The number of hydrogen-bond acceptors (Lipinski definition) is 4. The maximum Gasteiger partial charge on any atom is 0.306 e. The van der Waals surface area contributed by atoms with Crippen molar-refractivity contribution >= 4 is 23.2 Å². The molecule has 2 N–H and O–H groups in total. The number of carboxylic acids is 1. The van der Waals surface area contributed by atoms with Crippen LogP contribution in [0.25, 0.3) is 11.1 Å². The Balaban J connectivity index is 1.71. The molecule has 1 saturated carbocycles. The van der Waals surface area contributed by atoms with Gasteiger partial charge in [-0.05, 0) is 55.5 Å². The Kier molecular flexibility index (Phi) is 5.08. The van der Waals surface area contributed by atoms with E-state index < -0.39 is 5.97 Å². The van der Waals surface area contributed by atoms with Crippen LogP contribution in [0.4, 0.5) is 0 Å². The van der Waals surface area contributed by atoms with Crippen LogP contribution >= 0.6 is 11.3 Å². The van der Waals surface area contributed by atoms with Crippen LogP contribution < -0.4 is 10.1 Å². The number of nitrogens with one attached hydrogen (secondary N) is 1. The Labute approximate surface area is 150 Å². The fourth-order valence-corrected chi connectivity index (χ4v) is 4.19. The van der Waals surface area contributed by atoms with E-state index in [1.807, 2.05) is 37.3 Å². The van der Waals surface area contributed by atoms with Crippen molar-refractivity contribution in [2.75, 3.05) is 7.11 Å². The molecule has 1 aromatic heterocycles. The zero-order valence-electron chi connectivity index (χ0n) is 14.2. The maximum atomic E-state index is 12.5. The third-order valence-electron chi connectivity index (χ3n) is 4.66. The van der Waals surface area contributed by atoms with Crippen LogP contribution in [0, 0.1) is 12.8 Å². The zero-order chi connectivity index (χ0) is 18.0. The number of methoxy groups -OCH3 is 1. The van der Waals surface area contributed by atoms with Crippen molar-refractivity contribution in [3.63, 3.8) is 0 Å². The second kappa shape index (κ2) is 7.27. The quantitative estimate of drug-likeness (QED) is 0.853. The molecule has 0 radical (unpaired) electrons. The number of amides is 1. The monoisotopic (exact) mass is 359 g/mol. The smallest absolute Gasteiger partial charge is 0.306 e. The van der Waals surface area contributed by atoms with E-state index in [0.717, 1.165) is 28.2 Å². The summed E-state index contributed by atoms with van der Waals surface area (Å²) in [6, 6.07) is 9.60. The second-order valence-corrected chi connectivity index (χ2v) is 7.58. The van der Waals surface area contributed by atoms with Gasteiger partial charge in [0.15, 0.2) is 0 Å². The van der Waals surface area contributed by atoms with Gasteiger partial charge in [0.1, 0.15) is 5.75 Å². The molecule has 1 aliphatic rings. The number of benzene rings is 1. The summed E-state index contributed by atoms with van der Waals surface area (Å²) in [7, 11) is 1.63. The lowest BCUT2D eigenvalue weighted by Gasteiger charge is -2.11. The van der Waals surface area contributed by atoms with E-state index in [1.54, 1.807) is 7.11 Å². The standard InChI is InChI=1S/C19H21NO4S/c1-11-16(12-4-7-15(24-2)8-5-12)10-17(25-11)18(21)20-14-6-3-13(9-14)19(22)23/h4-5,7-8,10,13-14H,3,6,9H2,1-2H3,(H,20,21)(H,22,23)/t13-,14+/m1/s1. The van der Waals surface area contributed by atoms with Crippen LogP contribution in [0.15, 0.2) is 30.3 Å². The van der Waals surface area contributed by atoms with Gasteiger partial charge < -0.3 is 15.2 Å². The minimum atomic E-state index is -0.773. The highest BCUT2D eigenvalue weighted by Gasteiger charge is 2.31. The first-order valence-corrected chi connectivity index (χ1v) is 9.08.